The van der Waals surface area contributed by atoms with E-state index in [4.69, 9.17) is 25.8 Å². The first-order valence-electron chi connectivity index (χ1n) is 6.36. The number of halogens is 2. The van der Waals surface area contributed by atoms with Gasteiger partial charge in [-0.15, -0.1) is 0 Å². The van der Waals surface area contributed by atoms with E-state index in [9.17, 15) is 0 Å². The first-order chi connectivity index (χ1) is 10.2. The van der Waals surface area contributed by atoms with E-state index in [-0.39, 0.29) is 0 Å². The molecule has 0 aliphatic rings. The van der Waals surface area contributed by atoms with Gasteiger partial charge in [0.25, 0.3) is 0 Å². The topological polar surface area (TPSA) is 27.7 Å². The van der Waals surface area contributed by atoms with Crippen molar-refractivity contribution in [2.75, 3.05) is 14.2 Å². The summed E-state index contributed by atoms with van der Waals surface area (Å²) in [5, 5.41) is 1.29. The normalized spacial score (nSPS) is 10.3. The Labute approximate surface area is 137 Å². The van der Waals surface area contributed by atoms with Crippen LogP contribution in [0.1, 0.15) is 11.1 Å². The molecule has 0 amide bonds. The number of hydrogen-bond donors (Lipinski definition) is 0. The van der Waals surface area contributed by atoms with E-state index < -0.39 is 0 Å². The van der Waals surface area contributed by atoms with Crippen LogP contribution < -0.4 is 14.2 Å². The molecule has 0 N–H and O–H groups in total. The fraction of sp³-hybridized carbons (Fsp3) is 0.250. The van der Waals surface area contributed by atoms with Crippen molar-refractivity contribution in [3.05, 3.63) is 52.5 Å². The second-order valence-corrected chi connectivity index (χ2v) is 5.31. The van der Waals surface area contributed by atoms with E-state index in [2.05, 4.69) is 15.9 Å². The molecule has 0 aromatic heterocycles. The molecule has 0 radical (unpaired) electrons. The van der Waals surface area contributed by atoms with E-state index in [0.717, 1.165) is 11.1 Å². The van der Waals surface area contributed by atoms with Crippen LogP contribution in [0.5, 0.6) is 17.2 Å². The van der Waals surface area contributed by atoms with Crippen LogP contribution in [0.4, 0.5) is 0 Å². The largest absolute Gasteiger partial charge is 0.493 e. The van der Waals surface area contributed by atoms with E-state index in [1.54, 1.807) is 14.2 Å². The molecular weight excluding hydrogens is 356 g/mol. The van der Waals surface area contributed by atoms with Crippen molar-refractivity contribution in [2.24, 2.45) is 0 Å². The number of rotatable bonds is 6. The van der Waals surface area contributed by atoms with Crippen molar-refractivity contribution >= 4 is 27.5 Å². The van der Waals surface area contributed by atoms with Crippen LogP contribution in [-0.2, 0) is 11.9 Å². The third kappa shape index (κ3) is 3.83. The molecule has 0 atom stereocenters. The van der Waals surface area contributed by atoms with Crippen LogP contribution in [0, 0.1) is 0 Å². The van der Waals surface area contributed by atoms with Gasteiger partial charge in [0.1, 0.15) is 12.4 Å². The van der Waals surface area contributed by atoms with E-state index in [0.29, 0.717) is 34.2 Å². The number of hydrogen-bond acceptors (Lipinski definition) is 3. The molecule has 0 spiro atoms. The predicted octanol–water partition coefficient (Wildman–Crippen LogP) is 4.83. The summed E-state index contributed by atoms with van der Waals surface area (Å²) < 4.78 is 16.4. The number of benzene rings is 2. The smallest absolute Gasteiger partial charge is 0.161 e. The standard InChI is InChI=1S/C16H16BrClO3/c1-19-14-7-6-11(8-15(14)20-2)10-21-16-12(9-17)4-3-5-13(16)18/h3-8H,9-10H2,1-2H3. The monoisotopic (exact) mass is 370 g/mol. The molecule has 0 saturated heterocycles. The van der Waals surface area contributed by atoms with Gasteiger partial charge in [-0.2, -0.15) is 0 Å². The van der Waals surface area contributed by atoms with Gasteiger partial charge in [-0.1, -0.05) is 45.7 Å². The Bertz CT molecular complexity index is 616. The van der Waals surface area contributed by atoms with Crippen molar-refractivity contribution in [1.29, 1.82) is 0 Å². The SMILES string of the molecule is COc1ccc(COc2c(Cl)cccc2CBr)cc1OC. The molecule has 5 heteroatoms. The van der Waals surface area contributed by atoms with Crippen LogP contribution in [0.3, 0.4) is 0 Å². The van der Waals surface area contributed by atoms with Gasteiger partial charge in [-0.3, -0.25) is 0 Å². The highest BCUT2D eigenvalue weighted by atomic mass is 79.9. The minimum absolute atomic E-state index is 0.407. The summed E-state index contributed by atoms with van der Waals surface area (Å²) in [6.07, 6.45) is 0. The number of alkyl halides is 1. The predicted molar refractivity (Wildman–Crippen MR) is 88.0 cm³/mol. The summed E-state index contributed by atoms with van der Waals surface area (Å²) in [7, 11) is 3.22. The maximum Gasteiger partial charge on any atom is 0.161 e. The Morgan fingerprint density at radius 1 is 1.05 bits per heavy atom. The first-order valence-corrected chi connectivity index (χ1v) is 7.86. The third-order valence-corrected chi connectivity index (χ3v) is 3.93. The Hall–Kier alpha value is -1.39. The van der Waals surface area contributed by atoms with E-state index >= 15 is 0 Å². The Kier molecular flexibility index (Phi) is 5.76. The Morgan fingerprint density at radius 2 is 1.81 bits per heavy atom. The zero-order valence-electron chi connectivity index (χ0n) is 11.9. The van der Waals surface area contributed by atoms with E-state index in [1.165, 1.54) is 0 Å². The molecule has 3 nitrogen and oxygen atoms in total. The number of methoxy groups -OCH3 is 2. The van der Waals surface area contributed by atoms with Crippen LogP contribution >= 0.6 is 27.5 Å². The summed E-state index contributed by atoms with van der Waals surface area (Å²) in [6, 6.07) is 11.4. The van der Waals surface area contributed by atoms with Crippen molar-refractivity contribution in [3.63, 3.8) is 0 Å². The lowest BCUT2D eigenvalue weighted by molar-refractivity contribution is 0.302. The quantitative estimate of drug-likeness (QED) is 0.681. The molecule has 2 aromatic rings. The number of ether oxygens (including phenoxy) is 3. The molecule has 21 heavy (non-hydrogen) atoms. The molecule has 0 saturated carbocycles. The van der Waals surface area contributed by atoms with Crippen LogP contribution in [0.25, 0.3) is 0 Å². The highest BCUT2D eigenvalue weighted by Gasteiger charge is 2.09. The summed E-state index contributed by atoms with van der Waals surface area (Å²) in [5.41, 5.74) is 2.00. The molecule has 0 aliphatic carbocycles. The average molecular weight is 372 g/mol. The maximum absolute atomic E-state index is 6.19. The van der Waals surface area contributed by atoms with Crippen LogP contribution in [0.15, 0.2) is 36.4 Å². The van der Waals surface area contributed by atoms with Gasteiger partial charge in [0.2, 0.25) is 0 Å². The molecule has 2 aromatic carbocycles. The van der Waals surface area contributed by atoms with Gasteiger partial charge >= 0.3 is 0 Å². The molecule has 0 fully saturated rings. The van der Waals surface area contributed by atoms with Gasteiger partial charge in [-0.25, -0.2) is 0 Å². The van der Waals surface area contributed by atoms with Gasteiger partial charge in [0, 0.05) is 10.9 Å². The zero-order valence-corrected chi connectivity index (χ0v) is 14.2. The van der Waals surface area contributed by atoms with Crippen molar-refractivity contribution in [2.45, 2.75) is 11.9 Å². The van der Waals surface area contributed by atoms with Gasteiger partial charge in [0.15, 0.2) is 11.5 Å². The summed E-state index contributed by atoms with van der Waals surface area (Å²) >= 11 is 9.63. The molecule has 2 rings (SSSR count). The lowest BCUT2D eigenvalue weighted by atomic mass is 10.2. The fourth-order valence-electron chi connectivity index (χ4n) is 1.95. The molecule has 0 aliphatic heterocycles. The highest BCUT2D eigenvalue weighted by Crippen LogP contribution is 2.32. The van der Waals surface area contributed by atoms with Gasteiger partial charge < -0.3 is 14.2 Å². The lowest BCUT2D eigenvalue weighted by Crippen LogP contribution is -2.00. The molecule has 112 valence electrons. The molecule has 0 unspecified atom stereocenters. The molecule has 0 bridgehead atoms. The second kappa shape index (κ2) is 7.57. The van der Waals surface area contributed by atoms with Crippen molar-refractivity contribution in [1.82, 2.24) is 0 Å². The minimum atomic E-state index is 0.407. The average Bonchev–Trinajstić information content (AvgIpc) is 2.53. The van der Waals surface area contributed by atoms with Gasteiger partial charge in [0.05, 0.1) is 19.2 Å². The first kappa shape index (κ1) is 16.0. The maximum atomic E-state index is 6.19. The lowest BCUT2D eigenvalue weighted by Gasteiger charge is -2.13. The second-order valence-electron chi connectivity index (χ2n) is 4.34. The minimum Gasteiger partial charge on any atom is -0.493 e. The molecule has 0 heterocycles. The fourth-order valence-corrected chi connectivity index (χ4v) is 2.64. The van der Waals surface area contributed by atoms with Crippen molar-refractivity contribution in [3.8, 4) is 17.2 Å². The number of para-hydroxylation sites is 1. The molecular formula is C16H16BrClO3. The Morgan fingerprint density at radius 3 is 2.48 bits per heavy atom. The third-order valence-electron chi connectivity index (χ3n) is 3.02. The summed E-state index contributed by atoms with van der Waals surface area (Å²) in [6.45, 7) is 0.407. The summed E-state index contributed by atoms with van der Waals surface area (Å²) in [5.74, 6) is 2.07. The van der Waals surface area contributed by atoms with Crippen LogP contribution in [0.2, 0.25) is 5.02 Å². The van der Waals surface area contributed by atoms with Gasteiger partial charge in [-0.05, 0) is 23.8 Å². The summed E-state index contributed by atoms with van der Waals surface area (Å²) in [4.78, 5) is 0. The highest BCUT2D eigenvalue weighted by molar-refractivity contribution is 9.08. The zero-order chi connectivity index (χ0) is 15.2. The van der Waals surface area contributed by atoms with Crippen LogP contribution in [-0.4, -0.2) is 14.2 Å². The van der Waals surface area contributed by atoms with Crippen molar-refractivity contribution < 1.29 is 14.2 Å². The van der Waals surface area contributed by atoms with E-state index in [1.807, 2.05) is 36.4 Å². The Balaban J connectivity index is 2.17.